The molecule has 0 aliphatic carbocycles. The molecule has 4 nitrogen and oxygen atoms in total. The minimum atomic E-state index is -0.475. The van der Waals surface area contributed by atoms with E-state index in [0.717, 1.165) is 4.88 Å². The maximum Gasteiger partial charge on any atom is 0.299 e. The highest BCUT2D eigenvalue weighted by Gasteiger charge is 2.36. The molecule has 0 bridgehead atoms. The van der Waals surface area contributed by atoms with Crippen molar-refractivity contribution in [2.75, 3.05) is 12.0 Å². The van der Waals surface area contributed by atoms with Gasteiger partial charge in [-0.3, -0.25) is 14.5 Å². The molecule has 2 aromatic rings. The normalized spacial score (nSPS) is 13.8. The Labute approximate surface area is 114 Å². The minimum absolute atomic E-state index is 0.418. The lowest BCUT2D eigenvalue weighted by molar-refractivity contribution is -0.114. The van der Waals surface area contributed by atoms with E-state index in [-0.39, 0.29) is 0 Å². The van der Waals surface area contributed by atoms with Crippen LogP contribution in [0.3, 0.4) is 0 Å². The summed E-state index contributed by atoms with van der Waals surface area (Å²) in [6, 6.07) is 9.00. The molecule has 3 rings (SSSR count). The summed E-state index contributed by atoms with van der Waals surface area (Å²) in [4.78, 5) is 26.6. The molecule has 0 radical (unpaired) electrons. The van der Waals surface area contributed by atoms with Gasteiger partial charge >= 0.3 is 0 Å². The van der Waals surface area contributed by atoms with Crippen molar-refractivity contribution in [1.29, 1.82) is 0 Å². The molecule has 1 amide bonds. The molecule has 2 heterocycles. The lowest BCUT2D eigenvalue weighted by atomic mass is 10.1. The standard InChI is InChI=1S/C14H11NO3S/c1-18-9-4-5-12-11(7-9)13(16)14(17)15(12)8-10-3-2-6-19-10/h2-7H,8H2,1H3. The van der Waals surface area contributed by atoms with Gasteiger partial charge in [0.1, 0.15) is 5.75 Å². The maximum atomic E-state index is 12.0. The lowest BCUT2D eigenvalue weighted by Gasteiger charge is -2.15. The van der Waals surface area contributed by atoms with Crippen LogP contribution in [-0.2, 0) is 11.3 Å². The number of ether oxygens (including phenoxy) is 1. The number of Topliss-reactive ketones (excluding diaryl/α,β-unsaturated/α-hetero) is 1. The molecular weight excluding hydrogens is 262 g/mol. The van der Waals surface area contributed by atoms with Crippen molar-refractivity contribution in [3.8, 4) is 5.75 Å². The number of fused-ring (bicyclic) bond motifs is 1. The molecule has 0 saturated heterocycles. The molecule has 1 aromatic heterocycles. The number of ketones is 1. The number of hydrogen-bond acceptors (Lipinski definition) is 4. The predicted molar refractivity (Wildman–Crippen MR) is 72.8 cm³/mol. The molecule has 0 spiro atoms. The lowest BCUT2D eigenvalue weighted by Crippen LogP contribution is -2.28. The number of methoxy groups -OCH3 is 1. The number of carbonyl (C=O) groups excluding carboxylic acids is 2. The molecule has 0 atom stereocenters. The molecule has 5 heteroatoms. The Kier molecular flexibility index (Phi) is 2.83. The Morgan fingerprint density at radius 1 is 1.26 bits per heavy atom. The van der Waals surface area contributed by atoms with Crippen molar-refractivity contribution in [2.45, 2.75) is 6.54 Å². The van der Waals surface area contributed by atoms with Crippen LogP contribution in [0.2, 0.25) is 0 Å². The fraction of sp³-hybridized carbons (Fsp3) is 0.143. The van der Waals surface area contributed by atoms with Crippen LogP contribution in [0.25, 0.3) is 0 Å². The van der Waals surface area contributed by atoms with Crippen molar-refractivity contribution < 1.29 is 14.3 Å². The maximum absolute atomic E-state index is 12.0. The van der Waals surface area contributed by atoms with E-state index in [9.17, 15) is 9.59 Å². The second-order valence-electron chi connectivity index (χ2n) is 4.18. The first-order valence-electron chi connectivity index (χ1n) is 5.77. The first-order valence-corrected chi connectivity index (χ1v) is 6.65. The van der Waals surface area contributed by atoms with Gasteiger partial charge in [0.05, 0.1) is 24.9 Å². The summed E-state index contributed by atoms with van der Waals surface area (Å²) >= 11 is 1.57. The first kappa shape index (κ1) is 11.9. The Hall–Kier alpha value is -2.14. The van der Waals surface area contributed by atoms with Gasteiger partial charge in [-0.25, -0.2) is 0 Å². The SMILES string of the molecule is COc1ccc2c(c1)C(=O)C(=O)N2Cc1cccs1. The van der Waals surface area contributed by atoms with Gasteiger partial charge in [0.25, 0.3) is 11.7 Å². The van der Waals surface area contributed by atoms with Crippen LogP contribution >= 0.6 is 11.3 Å². The summed E-state index contributed by atoms with van der Waals surface area (Å²) in [5.41, 5.74) is 1.07. The molecule has 1 aliphatic rings. The van der Waals surface area contributed by atoms with Gasteiger partial charge in [0.2, 0.25) is 0 Å². The second kappa shape index (κ2) is 4.51. The number of anilines is 1. The highest BCUT2D eigenvalue weighted by atomic mass is 32.1. The van der Waals surface area contributed by atoms with Gasteiger partial charge < -0.3 is 4.74 Å². The Bertz CT molecular complexity index is 649. The topological polar surface area (TPSA) is 46.6 Å². The number of carbonyl (C=O) groups is 2. The summed E-state index contributed by atoms with van der Waals surface area (Å²) in [5, 5.41) is 1.95. The number of rotatable bonds is 3. The van der Waals surface area contributed by atoms with Gasteiger partial charge in [-0.1, -0.05) is 6.07 Å². The smallest absolute Gasteiger partial charge is 0.299 e. The fourth-order valence-corrected chi connectivity index (χ4v) is 2.81. The minimum Gasteiger partial charge on any atom is -0.497 e. The van der Waals surface area contributed by atoms with E-state index < -0.39 is 11.7 Å². The molecule has 19 heavy (non-hydrogen) atoms. The van der Waals surface area contributed by atoms with Crippen molar-refractivity contribution in [3.63, 3.8) is 0 Å². The van der Waals surface area contributed by atoms with Crippen LogP contribution in [0.15, 0.2) is 35.7 Å². The molecule has 1 aliphatic heterocycles. The average Bonchev–Trinajstić information content (AvgIpc) is 3.02. The van der Waals surface area contributed by atoms with E-state index >= 15 is 0 Å². The number of thiophene rings is 1. The highest BCUT2D eigenvalue weighted by molar-refractivity contribution is 7.09. The van der Waals surface area contributed by atoms with Crippen molar-refractivity contribution in [1.82, 2.24) is 0 Å². The third kappa shape index (κ3) is 1.92. The van der Waals surface area contributed by atoms with Crippen molar-refractivity contribution in [2.24, 2.45) is 0 Å². The van der Waals surface area contributed by atoms with E-state index in [1.807, 2.05) is 17.5 Å². The van der Waals surface area contributed by atoms with Gasteiger partial charge in [-0.15, -0.1) is 11.3 Å². The van der Waals surface area contributed by atoms with Crippen LogP contribution in [0.1, 0.15) is 15.2 Å². The fourth-order valence-electron chi connectivity index (χ4n) is 2.12. The molecule has 0 unspecified atom stereocenters. The van der Waals surface area contributed by atoms with Gasteiger partial charge in [-0.2, -0.15) is 0 Å². The summed E-state index contributed by atoms with van der Waals surface area (Å²) in [6.45, 7) is 0.432. The molecular formula is C14H11NO3S. The summed E-state index contributed by atoms with van der Waals surface area (Å²) in [6.07, 6.45) is 0. The molecule has 0 N–H and O–H groups in total. The van der Waals surface area contributed by atoms with Crippen molar-refractivity contribution >= 4 is 28.7 Å². The summed E-state index contributed by atoms with van der Waals surface area (Å²) in [7, 11) is 1.53. The molecule has 0 fully saturated rings. The van der Waals surface area contributed by atoms with E-state index in [2.05, 4.69) is 0 Å². The third-order valence-corrected chi connectivity index (χ3v) is 3.93. The zero-order chi connectivity index (χ0) is 13.4. The Morgan fingerprint density at radius 3 is 2.79 bits per heavy atom. The highest BCUT2D eigenvalue weighted by Crippen LogP contribution is 2.33. The van der Waals surface area contributed by atoms with Crippen LogP contribution in [0, 0.1) is 0 Å². The van der Waals surface area contributed by atoms with Gasteiger partial charge in [0.15, 0.2) is 0 Å². The number of hydrogen-bond donors (Lipinski definition) is 0. The van der Waals surface area contributed by atoms with E-state index in [4.69, 9.17) is 4.74 Å². The Morgan fingerprint density at radius 2 is 2.11 bits per heavy atom. The van der Waals surface area contributed by atoms with Crippen LogP contribution < -0.4 is 9.64 Å². The van der Waals surface area contributed by atoms with Crippen molar-refractivity contribution in [3.05, 3.63) is 46.2 Å². The zero-order valence-electron chi connectivity index (χ0n) is 10.3. The monoisotopic (exact) mass is 273 g/mol. The third-order valence-electron chi connectivity index (χ3n) is 3.07. The Balaban J connectivity index is 2.00. The number of benzene rings is 1. The second-order valence-corrected chi connectivity index (χ2v) is 5.22. The van der Waals surface area contributed by atoms with Crippen LogP contribution in [0.4, 0.5) is 5.69 Å². The van der Waals surface area contributed by atoms with Gasteiger partial charge in [0, 0.05) is 4.88 Å². The largest absolute Gasteiger partial charge is 0.497 e. The quantitative estimate of drug-likeness (QED) is 0.807. The summed E-state index contributed by atoms with van der Waals surface area (Å²) < 4.78 is 5.08. The molecule has 96 valence electrons. The first-order chi connectivity index (χ1) is 9.20. The number of amides is 1. The average molecular weight is 273 g/mol. The van der Waals surface area contributed by atoms with Crippen LogP contribution in [-0.4, -0.2) is 18.8 Å². The van der Waals surface area contributed by atoms with E-state index in [1.165, 1.54) is 12.0 Å². The predicted octanol–water partition coefficient (Wildman–Crippen LogP) is 2.49. The summed E-state index contributed by atoms with van der Waals surface area (Å²) in [5.74, 6) is -0.361. The van der Waals surface area contributed by atoms with Crippen LogP contribution in [0.5, 0.6) is 5.75 Å². The van der Waals surface area contributed by atoms with E-state index in [1.54, 1.807) is 29.5 Å². The molecule has 1 aromatic carbocycles. The van der Waals surface area contributed by atoms with Gasteiger partial charge in [-0.05, 0) is 29.6 Å². The van der Waals surface area contributed by atoms with E-state index in [0.29, 0.717) is 23.5 Å². The molecule has 0 saturated carbocycles. The zero-order valence-corrected chi connectivity index (χ0v) is 11.1. The number of nitrogens with zero attached hydrogens (tertiary/aromatic N) is 1.